The lowest BCUT2D eigenvalue weighted by molar-refractivity contribution is -0.109. The maximum absolute atomic E-state index is 9.89. The van der Waals surface area contributed by atoms with Gasteiger partial charge in [-0.25, -0.2) is 9.97 Å². The van der Waals surface area contributed by atoms with Gasteiger partial charge in [0.15, 0.2) is 11.4 Å². The topological polar surface area (TPSA) is 64.1 Å². The van der Waals surface area contributed by atoms with Gasteiger partial charge in [-0.15, -0.1) is 22.7 Å². The number of benzene rings is 1. The Bertz CT molecular complexity index is 816. The molecule has 0 aliphatic heterocycles. The molecule has 2 aromatic heterocycles. The standard InChI is InChI=1S/C9H11N3S2.C8H7ClO2/c1-5-8(14-6(2)11-5)7-4-13-9(10-3)12-7;9-7-1-3-8(4-2-7)11-6-5-10/h4H,1-3H3,(H,10,12);1-5H,6H2. The number of aldehydes is 1. The molecule has 3 aromatic rings. The number of halogens is 1. The van der Waals surface area contributed by atoms with Crippen LogP contribution in [-0.2, 0) is 4.79 Å². The zero-order valence-electron chi connectivity index (χ0n) is 14.1. The molecule has 0 fully saturated rings. The highest BCUT2D eigenvalue weighted by Crippen LogP contribution is 2.31. The molecule has 0 spiro atoms. The van der Waals surface area contributed by atoms with E-state index in [1.807, 2.05) is 20.9 Å². The molecule has 0 aliphatic carbocycles. The van der Waals surface area contributed by atoms with Gasteiger partial charge in [0.05, 0.1) is 21.3 Å². The number of rotatable bonds is 5. The highest BCUT2D eigenvalue weighted by molar-refractivity contribution is 7.16. The molecule has 25 heavy (non-hydrogen) atoms. The van der Waals surface area contributed by atoms with Crippen LogP contribution in [0.1, 0.15) is 10.7 Å². The molecule has 1 aromatic carbocycles. The molecule has 8 heteroatoms. The molecule has 0 bridgehead atoms. The van der Waals surface area contributed by atoms with Gasteiger partial charge in [-0.1, -0.05) is 11.6 Å². The van der Waals surface area contributed by atoms with Crippen LogP contribution in [0, 0.1) is 13.8 Å². The minimum atomic E-state index is 0.0850. The van der Waals surface area contributed by atoms with E-state index in [4.69, 9.17) is 16.3 Å². The second kappa shape index (κ2) is 9.50. The van der Waals surface area contributed by atoms with E-state index in [1.165, 1.54) is 4.88 Å². The largest absolute Gasteiger partial charge is 0.486 e. The average Bonchev–Trinajstić information content (AvgIpc) is 3.20. The van der Waals surface area contributed by atoms with Crippen molar-refractivity contribution in [2.45, 2.75) is 13.8 Å². The van der Waals surface area contributed by atoms with Crippen molar-refractivity contribution in [3.8, 4) is 16.3 Å². The Morgan fingerprint density at radius 1 is 1.24 bits per heavy atom. The first-order valence-electron chi connectivity index (χ1n) is 7.43. The highest BCUT2D eigenvalue weighted by atomic mass is 35.5. The summed E-state index contributed by atoms with van der Waals surface area (Å²) in [6, 6.07) is 6.85. The minimum absolute atomic E-state index is 0.0850. The van der Waals surface area contributed by atoms with E-state index < -0.39 is 0 Å². The first kappa shape index (κ1) is 19.4. The normalized spacial score (nSPS) is 9.92. The molecule has 0 aliphatic rings. The third kappa shape index (κ3) is 5.81. The highest BCUT2D eigenvalue weighted by Gasteiger charge is 2.10. The summed E-state index contributed by atoms with van der Waals surface area (Å²) in [7, 11) is 1.88. The first-order chi connectivity index (χ1) is 12.0. The summed E-state index contributed by atoms with van der Waals surface area (Å²) < 4.78 is 4.98. The molecule has 0 unspecified atom stereocenters. The zero-order chi connectivity index (χ0) is 18.2. The summed E-state index contributed by atoms with van der Waals surface area (Å²) in [6.07, 6.45) is 0.703. The Hall–Kier alpha value is -1.96. The van der Waals surface area contributed by atoms with Crippen molar-refractivity contribution < 1.29 is 9.53 Å². The molecule has 2 heterocycles. The molecule has 0 saturated carbocycles. The lowest BCUT2D eigenvalue weighted by atomic mass is 10.3. The lowest BCUT2D eigenvalue weighted by Gasteiger charge is -1.99. The summed E-state index contributed by atoms with van der Waals surface area (Å²) >= 11 is 8.94. The average molecular weight is 396 g/mol. The molecular weight excluding hydrogens is 378 g/mol. The Balaban J connectivity index is 0.000000186. The number of nitrogens with one attached hydrogen (secondary N) is 1. The predicted octanol–water partition coefficient (Wildman–Crippen LogP) is 4.84. The fraction of sp³-hybridized carbons (Fsp3) is 0.235. The molecule has 3 rings (SSSR count). The van der Waals surface area contributed by atoms with Crippen LogP contribution in [0.3, 0.4) is 0 Å². The van der Waals surface area contributed by atoms with Crippen molar-refractivity contribution in [1.82, 2.24) is 9.97 Å². The van der Waals surface area contributed by atoms with Crippen molar-refractivity contribution in [3.63, 3.8) is 0 Å². The van der Waals surface area contributed by atoms with Gasteiger partial charge in [0.1, 0.15) is 12.4 Å². The van der Waals surface area contributed by atoms with Crippen molar-refractivity contribution in [2.75, 3.05) is 19.0 Å². The SMILES string of the molecule is CNc1nc(-c2sc(C)nc2C)cs1.O=CCOc1ccc(Cl)cc1. The summed E-state index contributed by atoms with van der Waals surface area (Å²) in [4.78, 5) is 19.9. The zero-order valence-corrected chi connectivity index (χ0v) is 16.5. The van der Waals surface area contributed by atoms with Crippen LogP contribution in [0.15, 0.2) is 29.6 Å². The Labute approximate surface area is 159 Å². The van der Waals surface area contributed by atoms with Crippen molar-refractivity contribution >= 4 is 45.7 Å². The fourth-order valence-corrected chi connectivity index (χ4v) is 3.67. The molecule has 5 nitrogen and oxygen atoms in total. The van der Waals surface area contributed by atoms with E-state index in [1.54, 1.807) is 46.9 Å². The second-order valence-corrected chi connectivity index (χ2v) is 7.36. The van der Waals surface area contributed by atoms with E-state index in [-0.39, 0.29) is 6.61 Å². The lowest BCUT2D eigenvalue weighted by Crippen LogP contribution is -1.96. The van der Waals surface area contributed by atoms with E-state index in [0.717, 1.165) is 21.5 Å². The molecule has 0 atom stereocenters. The quantitative estimate of drug-likeness (QED) is 0.626. The van der Waals surface area contributed by atoms with Gasteiger partial charge in [-0.2, -0.15) is 0 Å². The molecule has 0 amide bonds. The number of thiazole rings is 2. The van der Waals surface area contributed by atoms with Crippen molar-refractivity contribution in [2.24, 2.45) is 0 Å². The van der Waals surface area contributed by atoms with Crippen LogP contribution in [0.25, 0.3) is 10.6 Å². The Morgan fingerprint density at radius 3 is 2.48 bits per heavy atom. The molecule has 1 N–H and O–H groups in total. The number of hydrogen-bond donors (Lipinski definition) is 1. The number of ether oxygens (including phenoxy) is 1. The summed E-state index contributed by atoms with van der Waals surface area (Å²) in [5.74, 6) is 0.654. The number of aryl methyl sites for hydroxylation is 2. The number of anilines is 1. The van der Waals surface area contributed by atoms with Gasteiger partial charge in [-0.3, -0.25) is 4.79 Å². The van der Waals surface area contributed by atoms with Gasteiger partial charge < -0.3 is 10.1 Å². The Kier molecular flexibility index (Phi) is 7.36. The number of nitrogens with zero attached hydrogens (tertiary/aromatic N) is 2. The van der Waals surface area contributed by atoms with Crippen LogP contribution in [0.2, 0.25) is 5.02 Å². The number of hydrogen-bond acceptors (Lipinski definition) is 7. The predicted molar refractivity (Wildman–Crippen MR) is 105 cm³/mol. The molecular formula is C17H18ClN3O2S2. The van der Waals surface area contributed by atoms with E-state index >= 15 is 0 Å². The third-order valence-corrected chi connectivity index (χ3v) is 5.19. The smallest absolute Gasteiger partial charge is 0.182 e. The molecule has 0 radical (unpaired) electrons. The summed E-state index contributed by atoms with van der Waals surface area (Å²) in [6.45, 7) is 4.13. The van der Waals surface area contributed by atoms with Crippen LogP contribution in [0.5, 0.6) is 5.75 Å². The fourth-order valence-electron chi connectivity index (χ4n) is 1.92. The molecule has 0 saturated heterocycles. The first-order valence-corrected chi connectivity index (χ1v) is 9.50. The van der Waals surface area contributed by atoms with Crippen molar-refractivity contribution in [1.29, 1.82) is 0 Å². The monoisotopic (exact) mass is 395 g/mol. The van der Waals surface area contributed by atoms with Gasteiger partial charge in [0.2, 0.25) is 0 Å². The van der Waals surface area contributed by atoms with Gasteiger partial charge in [0.25, 0.3) is 0 Å². The van der Waals surface area contributed by atoms with Gasteiger partial charge in [0, 0.05) is 17.5 Å². The number of carbonyl (C=O) groups is 1. The maximum Gasteiger partial charge on any atom is 0.182 e. The number of aromatic nitrogens is 2. The second-order valence-electron chi connectivity index (χ2n) is 4.87. The van der Waals surface area contributed by atoms with Crippen LogP contribution in [-0.4, -0.2) is 29.9 Å². The van der Waals surface area contributed by atoms with Gasteiger partial charge in [-0.05, 0) is 38.1 Å². The van der Waals surface area contributed by atoms with Crippen LogP contribution >= 0.6 is 34.3 Å². The van der Waals surface area contributed by atoms with E-state index in [2.05, 4.69) is 20.7 Å². The molecule has 132 valence electrons. The van der Waals surface area contributed by atoms with Gasteiger partial charge >= 0.3 is 0 Å². The number of carbonyl (C=O) groups excluding carboxylic acids is 1. The summed E-state index contributed by atoms with van der Waals surface area (Å²) in [5.41, 5.74) is 2.10. The minimum Gasteiger partial charge on any atom is -0.486 e. The van der Waals surface area contributed by atoms with E-state index in [0.29, 0.717) is 17.1 Å². The maximum atomic E-state index is 9.89. The Morgan fingerprint density at radius 2 is 1.96 bits per heavy atom. The third-order valence-electron chi connectivity index (χ3n) is 2.99. The van der Waals surface area contributed by atoms with Crippen LogP contribution < -0.4 is 10.1 Å². The van der Waals surface area contributed by atoms with Crippen molar-refractivity contribution in [3.05, 3.63) is 45.4 Å². The van der Waals surface area contributed by atoms with E-state index in [9.17, 15) is 4.79 Å². The van der Waals surface area contributed by atoms with Crippen LogP contribution in [0.4, 0.5) is 5.13 Å². The summed E-state index contributed by atoms with van der Waals surface area (Å²) in [5, 5.41) is 7.80.